The molecule has 0 spiro atoms. The molecule has 1 aromatic carbocycles. The number of nitrogens with zero attached hydrogens (tertiary/aromatic N) is 3. The number of fused-ring (bicyclic) bond motifs is 1. The van der Waals surface area contributed by atoms with Gasteiger partial charge in [-0.1, -0.05) is 25.1 Å². The molecule has 0 saturated carbocycles. The molecule has 2 saturated heterocycles. The fourth-order valence-electron chi connectivity index (χ4n) is 4.87. The van der Waals surface area contributed by atoms with Crippen molar-refractivity contribution in [3.63, 3.8) is 0 Å². The summed E-state index contributed by atoms with van der Waals surface area (Å²) in [7, 11) is 2.26. The van der Waals surface area contributed by atoms with Gasteiger partial charge < -0.3 is 9.80 Å². The van der Waals surface area contributed by atoms with E-state index in [1.807, 2.05) is 11.3 Å². The SMILES string of the molecule is CCN(Cc1cc2ccccc2s1)CC1CCN(C2CCN(C)CC2)CC1. The number of rotatable bonds is 6. The van der Waals surface area contributed by atoms with Gasteiger partial charge >= 0.3 is 0 Å². The van der Waals surface area contributed by atoms with Crippen LogP contribution in [0.2, 0.25) is 0 Å². The summed E-state index contributed by atoms with van der Waals surface area (Å²) in [6, 6.07) is 12.0. The van der Waals surface area contributed by atoms with Crippen LogP contribution >= 0.6 is 11.3 Å². The van der Waals surface area contributed by atoms with E-state index >= 15 is 0 Å². The van der Waals surface area contributed by atoms with Crippen LogP contribution in [0.5, 0.6) is 0 Å². The van der Waals surface area contributed by atoms with Crippen molar-refractivity contribution in [2.24, 2.45) is 5.92 Å². The lowest BCUT2D eigenvalue weighted by Crippen LogP contribution is -2.47. The van der Waals surface area contributed by atoms with Crippen molar-refractivity contribution < 1.29 is 0 Å². The maximum absolute atomic E-state index is 2.80. The number of hydrogen-bond acceptors (Lipinski definition) is 4. The first-order valence-corrected chi connectivity index (χ1v) is 11.7. The van der Waals surface area contributed by atoms with Gasteiger partial charge in [0.2, 0.25) is 0 Å². The lowest BCUT2D eigenvalue weighted by atomic mass is 9.93. The average Bonchev–Trinajstić information content (AvgIpc) is 3.11. The van der Waals surface area contributed by atoms with E-state index in [4.69, 9.17) is 0 Å². The summed E-state index contributed by atoms with van der Waals surface area (Å²) in [6.45, 7) is 11.1. The van der Waals surface area contributed by atoms with Crippen molar-refractivity contribution in [2.45, 2.75) is 45.2 Å². The first kappa shape index (κ1) is 19.4. The molecule has 3 heterocycles. The lowest BCUT2D eigenvalue weighted by molar-refractivity contribution is 0.0747. The molecule has 0 bridgehead atoms. The Kier molecular flexibility index (Phi) is 6.49. The van der Waals surface area contributed by atoms with Gasteiger partial charge in [-0.15, -0.1) is 11.3 Å². The normalized spacial score (nSPS) is 21.4. The molecule has 0 N–H and O–H groups in total. The molecule has 4 heteroatoms. The smallest absolute Gasteiger partial charge is 0.0346 e. The Balaban J connectivity index is 1.27. The van der Waals surface area contributed by atoms with E-state index in [2.05, 4.69) is 59.0 Å². The van der Waals surface area contributed by atoms with Gasteiger partial charge in [-0.25, -0.2) is 0 Å². The molecule has 4 rings (SSSR count). The third-order valence-corrected chi connectivity index (χ3v) is 7.77. The number of likely N-dealkylation sites (tertiary alicyclic amines) is 2. The summed E-state index contributed by atoms with van der Waals surface area (Å²) < 4.78 is 1.43. The van der Waals surface area contributed by atoms with E-state index in [1.165, 1.54) is 73.4 Å². The molecule has 3 nitrogen and oxygen atoms in total. The highest BCUT2D eigenvalue weighted by molar-refractivity contribution is 7.19. The highest BCUT2D eigenvalue weighted by atomic mass is 32.1. The molecule has 0 radical (unpaired) electrons. The third-order valence-electron chi connectivity index (χ3n) is 6.67. The zero-order valence-corrected chi connectivity index (χ0v) is 17.9. The second-order valence-electron chi connectivity index (χ2n) is 8.59. The summed E-state index contributed by atoms with van der Waals surface area (Å²) in [6.07, 6.45) is 5.51. The fourth-order valence-corrected chi connectivity index (χ4v) is 5.97. The van der Waals surface area contributed by atoms with Gasteiger partial charge in [-0.3, -0.25) is 4.90 Å². The van der Waals surface area contributed by atoms with Crippen LogP contribution in [0.15, 0.2) is 30.3 Å². The van der Waals surface area contributed by atoms with Crippen LogP contribution in [-0.4, -0.2) is 67.1 Å². The number of piperidine rings is 2. The minimum atomic E-state index is 0.850. The maximum atomic E-state index is 2.80. The van der Waals surface area contributed by atoms with Crippen molar-refractivity contribution in [1.29, 1.82) is 0 Å². The van der Waals surface area contributed by atoms with Gasteiger partial charge in [-0.2, -0.15) is 0 Å². The molecule has 27 heavy (non-hydrogen) atoms. The van der Waals surface area contributed by atoms with E-state index < -0.39 is 0 Å². The molecule has 0 amide bonds. The Morgan fingerprint density at radius 1 is 1.04 bits per heavy atom. The van der Waals surface area contributed by atoms with Crippen molar-refractivity contribution in [1.82, 2.24) is 14.7 Å². The van der Waals surface area contributed by atoms with E-state index in [1.54, 1.807) is 0 Å². The van der Waals surface area contributed by atoms with Gasteiger partial charge in [-0.05, 0) is 88.9 Å². The van der Waals surface area contributed by atoms with Crippen LogP contribution < -0.4 is 0 Å². The predicted octanol–water partition coefficient (Wildman–Crippen LogP) is 4.53. The Labute approximate surface area is 168 Å². The molecule has 2 aliphatic rings. The average molecular weight is 386 g/mol. The molecule has 0 unspecified atom stereocenters. The van der Waals surface area contributed by atoms with Gasteiger partial charge in [0.15, 0.2) is 0 Å². The molecule has 0 atom stereocenters. The molecular formula is C23H35N3S. The van der Waals surface area contributed by atoms with Crippen molar-refractivity contribution in [2.75, 3.05) is 46.3 Å². The third kappa shape index (κ3) is 4.92. The highest BCUT2D eigenvalue weighted by Gasteiger charge is 2.28. The van der Waals surface area contributed by atoms with Gasteiger partial charge in [0, 0.05) is 28.7 Å². The highest BCUT2D eigenvalue weighted by Crippen LogP contribution is 2.28. The second-order valence-corrected chi connectivity index (χ2v) is 9.76. The van der Waals surface area contributed by atoms with Crippen LogP contribution in [0.4, 0.5) is 0 Å². The second kappa shape index (κ2) is 9.04. The van der Waals surface area contributed by atoms with Gasteiger partial charge in [0.25, 0.3) is 0 Å². The number of thiophene rings is 1. The summed E-state index contributed by atoms with van der Waals surface area (Å²) in [5.41, 5.74) is 0. The zero-order valence-electron chi connectivity index (χ0n) is 17.1. The molecule has 2 fully saturated rings. The molecule has 2 aromatic rings. The minimum absolute atomic E-state index is 0.850. The molecule has 148 valence electrons. The van der Waals surface area contributed by atoms with E-state index in [-0.39, 0.29) is 0 Å². The quantitative estimate of drug-likeness (QED) is 0.723. The van der Waals surface area contributed by atoms with Crippen molar-refractivity contribution >= 4 is 21.4 Å². The molecule has 1 aromatic heterocycles. The first-order valence-electron chi connectivity index (χ1n) is 10.8. The van der Waals surface area contributed by atoms with Gasteiger partial charge in [0.05, 0.1) is 0 Å². The van der Waals surface area contributed by atoms with E-state index in [0.29, 0.717) is 0 Å². The van der Waals surface area contributed by atoms with Crippen molar-refractivity contribution in [3.05, 3.63) is 35.2 Å². The van der Waals surface area contributed by atoms with Crippen molar-refractivity contribution in [3.8, 4) is 0 Å². The first-order chi connectivity index (χ1) is 13.2. The molecular weight excluding hydrogens is 350 g/mol. The zero-order chi connectivity index (χ0) is 18.6. The van der Waals surface area contributed by atoms with Crippen LogP contribution in [0.1, 0.15) is 37.5 Å². The maximum Gasteiger partial charge on any atom is 0.0346 e. The Morgan fingerprint density at radius 3 is 2.48 bits per heavy atom. The Hall–Kier alpha value is -0.940. The lowest BCUT2D eigenvalue weighted by Gasteiger charge is -2.41. The van der Waals surface area contributed by atoms with Gasteiger partial charge in [0.1, 0.15) is 0 Å². The van der Waals surface area contributed by atoms with Crippen LogP contribution in [0.3, 0.4) is 0 Å². The molecule has 0 aliphatic carbocycles. The van der Waals surface area contributed by atoms with E-state index in [0.717, 1.165) is 25.0 Å². The number of benzene rings is 1. The Bertz CT molecular complexity index is 678. The van der Waals surface area contributed by atoms with E-state index in [9.17, 15) is 0 Å². The summed E-state index contributed by atoms with van der Waals surface area (Å²) >= 11 is 1.97. The van der Waals surface area contributed by atoms with Crippen LogP contribution in [0, 0.1) is 5.92 Å². The Morgan fingerprint density at radius 2 is 1.78 bits per heavy atom. The summed E-state index contributed by atoms with van der Waals surface area (Å²) in [5.74, 6) is 0.877. The topological polar surface area (TPSA) is 9.72 Å². The minimum Gasteiger partial charge on any atom is -0.306 e. The monoisotopic (exact) mass is 385 g/mol. The predicted molar refractivity (Wildman–Crippen MR) is 118 cm³/mol. The van der Waals surface area contributed by atoms with Crippen LogP contribution in [-0.2, 0) is 6.54 Å². The fraction of sp³-hybridized carbons (Fsp3) is 0.652. The molecule has 2 aliphatic heterocycles. The summed E-state index contributed by atoms with van der Waals surface area (Å²) in [5, 5.41) is 1.40. The summed E-state index contributed by atoms with van der Waals surface area (Å²) in [4.78, 5) is 9.46. The standard InChI is InChI=1S/C23H35N3S/c1-3-25(18-22-16-20-6-4-5-7-23(20)27-22)17-19-8-14-26(15-9-19)21-10-12-24(2)13-11-21/h4-7,16,19,21H,3,8-15,17-18H2,1-2H3. The number of hydrogen-bond donors (Lipinski definition) is 0. The van der Waals surface area contributed by atoms with Crippen LogP contribution in [0.25, 0.3) is 10.1 Å². The largest absolute Gasteiger partial charge is 0.306 e.